The molecule has 0 aromatic heterocycles. The van der Waals surface area contributed by atoms with Crippen molar-refractivity contribution >= 4 is 27.5 Å². The third-order valence-electron chi connectivity index (χ3n) is 7.13. The molecule has 4 aromatic rings. The fourth-order valence-electron chi connectivity index (χ4n) is 4.94. The summed E-state index contributed by atoms with van der Waals surface area (Å²) >= 11 is 3.45. The van der Waals surface area contributed by atoms with Gasteiger partial charge in [-0.3, -0.25) is 4.79 Å². The van der Waals surface area contributed by atoms with Gasteiger partial charge in [0.05, 0.1) is 18.1 Å². The van der Waals surface area contributed by atoms with Crippen LogP contribution in [0.4, 0.5) is 14.5 Å². The van der Waals surface area contributed by atoms with Crippen molar-refractivity contribution < 1.29 is 23.4 Å². The van der Waals surface area contributed by atoms with Crippen molar-refractivity contribution in [3.05, 3.63) is 131 Å². The number of carbonyl (C=O) groups is 1. The Labute approximate surface area is 235 Å². The van der Waals surface area contributed by atoms with Gasteiger partial charge in [0.1, 0.15) is 24.0 Å². The minimum atomic E-state index is -0.807. The van der Waals surface area contributed by atoms with Crippen molar-refractivity contribution in [2.24, 2.45) is 5.92 Å². The summed E-state index contributed by atoms with van der Waals surface area (Å²) in [6.45, 7) is 0.440. The number of hydrogen-bond acceptors (Lipinski definition) is 3. The van der Waals surface area contributed by atoms with E-state index in [-0.39, 0.29) is 29.5 Å². The van der Waals surface area contributed by atoms with Crippen molar-refractivity contribution in [2.75, 3.05) is 4.90 Å². The van der Waals surface area contributed by atoms with Gasteiger partial charge >= 0.3 is 0 Å². The summed E-state index contributed by atoms with van der Waals surface area (Å²) < 4.78 is 32.8. The smallest absolute Gasteiger partial charge is 0.233 e. The van der Waals surface area contributed by atoms with E-state index < -0.39 is 6.10 Å². The van der Waals surface area contributed by atoms with Crippen molar-refractivity contribution in [3.63, 3.8) is 0 Å². The number of halogens is 3. The van der Waals surface area contributed by atoms with E-state index in [1.807, 2.05) is 36.4 Å². The number of carbonyl (C=O) groups excluding carboxylic acids is 1. The molecule has 0 aliphatic carbocycles. The first-order valence-electron chi connectivity index (χ1n) is 12.8. The Hall–Kier alpha value is -3.55. The van der Waals surface area contributed by atoms with Gasteiger partial charge in [0.25, 0.3) is 0 Å². The number of β-lactam (4-membered cyclic amide) rings is 1. The molecule has 1 aliphatic heterocycles. The Kier molecular flexibility index (Phi) is 8.38. The number of alkyl halides is 1. The topological polar surface area (TPSA) is 49.8 Å². The highest BCUT2D eigenvalue weighted by Crippen LogP contribution is 2.46. The Morgan fingerprint density at radius 2 is 1.41 bits per heavy atom. The van der Waals surface area contributed by atoms with Gasteiger partial charge in [-0.15, -0.1) is 0 Å². The molecular formula is C32H28BrF2NO3. The van der Waals surface area contributed by atoms with Crippen LogP contribution >= 0.6 is 15.9 Å². The van der Waals surface area contributed by atoms with Crippen LogP contribution in [-0.4, -0.2) is 11.0 Å². The maximum Gasteiger partial charge on any atom is 0.233 e. The molecule has 5 rings (SSSR count). The van der Waals surface area contributed by atoms with Crippen molar-refractivity contribution in [1.29, 1.82) is 0 Å². The first kappa shape index (κ1) is 27.0. The lowest BCUT2D eigenvalue weighted by Gasteiger charge is -2.48. The number of anilines is 1. The van der Waals surface area contributed by atoms with E-state index in [0.717, 1.165) is 16.5 Å². The molecule has 0 spiro atoms. The number of aliphatic hydroxyl groups is 1. The van der Waals surface area contributed by atoms with Crippen LogP contribution in [-0.2, 0) is 16.7 Å². The highest BCUT2D eigenvalue weighted by molar-refractivity contribution is 9.08. The number of amides is 1. The zero-order chi connectivity index (χ0) is 27.4. The molecule has 3 atom stereocenters. The second-order valence-electron chi connectivity index (χ2n) is 9.69. The van der Waals surface area contributed by atoms with Crippen LogP contribution in [0.1, 0.15) is 47.2 Å². The average molecular weight is 592 g/mol. The van der Waals surface area contributed by atoms with Crippen LogP contribution < -0.4 is 9.64 Å². The molecule has 1 amide bonds. The van der Waals surface area contributed by atoms with E-state index in [1.165, 1.54) is 29.8 Å². The Morgan fingerprint density at radius 1 is 0.821 bits per heavy atom. The first-order valence-corrected chi connectivity index (χ1v) is 13.9. The summed E-state index contributed by atoms with van der Waals surface area (Å²) in [7, 11) is 0. The summed E-state index contributed by atoms with van der Waals surface area (Å²) in [6.07, 6.45) is -0.00829. The van der Waals surface area contributed by atoms with Gasteiger partial charge in [0.2, 0.25) is 5.91 Å². The van der Waals surface area contributed by atoms with E-state index in [0.29, 0.717) is 36.4 Å². The second kappa shape index (κ2) is 12.1. The van der Waals surface area contributed by atoms with Crippen LogP contribution in [0.2, 0.25) is 0 Å². The first-order chi connectivity index (χ1) is 18.9. The zero-order valence-electron chi connectivity index (χ0n) is 21.1. The number of benzene rings is 4. The number of hydrogen-bond donors (Lipinski definition) is 1. The molecule has 0 radical (unpaired) electrons. The lowest BCUT2D eigenvalue weighted by molar-refractivity contribution is -0.131. The quantitative estimate of drug-likeness (QED) is 0.152. The van der Waals surface area contributed by atoms with Crippen LogP contribution in [0.5, 0.6) is 5.75 Å². The molecule has 39 heavy (non-hydrogen) atoms. The van der Waals surface area contributed by atoms with Gasteiger partial charge in [-0.05, 0) is 83.6 Å². The molecule has 0 unspecified atom stereocenters. The zero-order valence-corrected chi connectivity index (χ0v) is 22.7. The van der Waals surface area contributed by atoms with E-state index in [9.17, 15) is 18.7 Å². The molecule has 7 heteroatoms. The molecule has 0 saturated carbocycles. The van der Waals surface area contributed by atoms with E-state index >= 15 is 0 Å². The Balaban J connectivity index is 1.30. The van der Waals surface area contributed by atoms with Crippen LogP contribution in [0.15, 0.2) is 97.1 Å². The minimum Gasteiger partial charge on any atom is -0.489 e. The second-order valence-corrected chi connectivity index (χ2v) is 10.2. The van der Waals surface area contributed by atoms with Crippen molar-refractivity contribution in [1.82, 2.24) is 0 Å². The third kappa shape index (κ3) is 6.21. The van der Waals surface area contributed by atoms with E-state index in [2.05, 4.69) is 28.1 Å². The third-order valence-corrected chi connectivity index (χ3v) is 7.78. The summed E-state index contributed by atoms with van der Waals surface area (Å²) in [5, 5.41) is 11.5. The molecule has 4 aromatic carbocycles. The predicted octanol–water partition coefficient (Wildman–Crippen LogP) is 7.66. The van der Waals surface area contributed by atoms with Gasteiger partial charge in [-0.2, -0.15) is 0 Å². The molecular weight excluding hydrogens is 564 g/mol. The number of rotatable bonds is 10. The summed E-state index contributed by atoms with van der Waals surface area (Å²) in [5.41, 5.74) is 4.42. The monoisotopic (exact) mass is 591 g/mol. The molecule has 1 aliphatic rings. The molecule has 0 bridgehead atoms. The molecule has 1 saturated heterocycles. The van der Waals surface area contributed by atoms with Crippen molar-refractivity contribution in [3.8, 4) is 5.75 Å². The minimum absolute atomic E-state index is 0.0785. The number of ether oxygens (including phenoxy) is 1. The molecule has 4 nitrogen and oxygen atoms in total. The van der Waals surface area contributed by atoms with Gasteiger partial charge in [0, 0.05) is 11.0 Å². The maximum absolute atomic E-state index is 13.6. The molecule has 200 valence electrons. The highest BCUT2D eigenvalue weighted by atomic mass is 79.9. The predicted molar refractivity (Wildman–Crippen MR) is 151 cm³/mol. The lowest BCUT2D eigenvalue weighted by atomic mass is 9.78. The normalized spacial score (nSPS) is 17.5. The standard InChI is InChI=1S/C32H28BrF2NO3/c33-19-21-1-3-22(4-2-21)20-39-28-15-7-24(8-16-28)31-29(17-18-30(37)23-5-9-25(34)10-6-23)32(38)36(31)27-13-11-26(35)12-14-27/h1-16,29-31,37H,17-20H2/t29-,30+,31-/m1/s1. The summed E-state index contributed by atoms with van der Waals surface area (Å²) in [6, 6.07) is 27.2. The Morgan fingerprint density at radius 3 is 2.03 bits per heavy atom. The van der Waals surface area contributed by atoms with Gasteiger partial charge < -0.3 is 14.7 Å². The largest absolute Gasteiger partial charge is 0.489 e. The average Bonchev–Trinajstić information content (AvgIpc) is 2.96. The van der Waals surface area contributed by atoms with E-state index in [1.54, 1.807) is 29.2 Å². The highest BCUT2D eigenvalue weighted by Gasteiger charge is 2.48. The molecule has 1 heterocycles. The summed E-state index contributed by atoms with van der Waals surface area (Å²) in [5.74, 6) is -0.457. The van der Waals surface area contributed by atoms with Gasteiger partial charge in [0.15, 0.2) is 0 Å². The SMILES string of the molecule is O=C1[C@H](CC[C@H](O)c2ccc(F)cc2)[C@@H](c2ccc(OCc3ccc(CBr)cc3)cc2)N1c1ccc(F)cc1. The van der Waals surface area contributed by atoms with Crippen LogP contribution in [0.3, 0.4) is 0 Å². The number of nitrogens with zero attached hydrogens (tertiary/aromatic N) is 1. The fraction of sp³-hybridized carbons (Fsp3) is 0.219. The van der Waals surface area contributed by atoms with E-state index in [4.69, 9.17) is 4.74 Å². The fourth-order valence-corrected chi connectivity index (χ4v) is 5.32. The van der Waals surface area contributed by atoms with Gasteiger partial charge in [-0.1, -0.05) is 64.5 Å². The van der Waals surface area contributed by atoms with Crippen LogP contribution in [0.25, 0.3) is 0 Å². The molecule has 1 N–H and O–H groups in total. The van der Waals surface area contributed by atoms with Gasteiger partial charge in [-0.25, -0.2) is 8.78 Å². The Bertz CT molecular complexity index is 1390. The van der Waals surface area contributed by atoms with Crippen LogP contribution in [0, 0.1) is 17.6 Å². The molecule has 1 fully saturated rings. The van der Waals surface area contributed by atoms with Crippen molar-refractivity contribution in [2.45, 2.75) is 36.9 Å². The number of aliphatic hydroxyl groups excluding tert-OH is 1. The lowest BCUT2D eigenvalue weighted by Crippen LogP contribution is -2.55. The summed E-state index contributed by atoms with van der Waals surface area (Å²) in [4.78, 5) is 14.9. The maximum atomic E-state index is 13.6.